The van der Waals surface area contributed by atoms with Crippen molar-refractivity contribution < 1.29 is 14.6 Å². The third kappa shape index (κ3) is 11.3. The van der Waals surface area contributed by atoms with E-state index in [1.807, 2.05) is 55.4 Å². The van der Waals surface area contributed by atoms with Crippen LogP contribution in [-0.4, -0.2) is 22.7 Å². The van der Waals surface area contributed by atoms with Crippen LogP contribution in [0.25, 0.3) is 0 Å². The van der Waals surface area contributed by atoms with Gasteiger partial charge in [0.1, 0.15) is 6.10 Å². The fourth-order valence-electron chi connectivity index (χ4n) is 1.92. The van der Waals surface area contributed by atoms with Crippen molar-refractivity contribution in [2.75, 3.05) is 0 Å². The molecule has 1 N–H and O–H groups in total. The molecule has 0 atom stereocenters. The predicted molar refractivity (Wildman–Crippen MR) is 81.5 cm³/mol. The first-order valence-electron chi connectivity index (χ1n) is 7.04. The molecule has 0 fully saturated rings. The van der Waals surface area contributed by atoms with Crippen molar-refractivity contribution in [3.05, 3.63) is 0 Å². The lowest BCUT2D eigenvalue weighted by atomic mass is 9.96. The number of halogens is 1. The highest BCUT2D eigenvalue weighted by Gasteiger charge is 2.20. The van der Waals surface area contributed by atoms with Gasteiger partial charge in [0, 0.05) is 11.6 Å². The molecule has 0 spiro atoms. The monoisotopic (exact) mass is 294 g/mol. The predicted octanol–water partition coefficient (Wildman–Crippen LogP) is 4.70. The van der Waals surface area contributed by atoms with Crippen molar-refractivity contribution in [3.8, 4) is 0 Å². The van der Waals surface area contributed by atoms with Crippen molar-refractivity contribution in [2.45, 2.75) is 67.6 Å². The summed E-state index contributed by atoms with van der Waals surface area (Å²) in [6, 6.07) is 0. The highest BCUT2D eigenvalue weighted by Crippen LogP contribution is 2.17. The highest BCUT2D eigenvalue weighted by molar-refractivity contribution is 6.61. The fraction of sp³-hybridized carbons (Fsp3) is 0.933. The molecule has 116 valence electrons. The molecule has 0 saturated carbocycles. The molecule has 0 amide bonds. The van der Waals surface area contributed by atoms with Gasteiger partial charge in [-0.15, -0.1) is 0 Å². The van der Waals surface area contributed by atoms with Gasteiger partial charge in [0.2, 0.25) is 0 Å². The van der Waals surface area contributed by atoms with E-state index in [2.05, 4.69) is 0 Å². The molecule has 19 heavy (non-hydrogen) atoms. The molecule has 0 aromatic rings. The van der Waals surface area contributed by atoms with Gasteiger partial charge < -0.3 is 9.84 Å². The Hall–Kier alpha value is -0.280. The number of carbonyl (C=O) groups is 1. The van der Waals surface area contributed by atoms with Crippen LogP contribution in [0.3, 0.4) is 0 Å². The Morgan fingerprint density at radius 2 is 1.16 bits per heavy atom. The SMILES string of the molecule is CC(C)C(O)C(C)C.CC(C)C(OC(=O)Cl)C(C)C. The van der Waals surface area contributed by atoms with Crippen LogP contribution in [0.15, 0.2) is 0 Å². The maximum Gasteiger partial charge on any atom is 0.404 e. The minimum atomic E-state index is -0.711. The molecule has 0 heterocycles. The first-order chi connectivity index (χ1) is 8.50. The summed E-state index contributed by atoms with van der Waals surface area (Å²) in [7, 11) is 0. The van der Waals surface area contributed by atoms with Crippen LogP contribution in [-0.2, 0) is 4.74 Å². The van der Waals surface area contributed by atoms with E-state index in [4.69, 9.17) is 16.3 Å². The van der Waals surface area contributed by atoms with Gasteiger partial charge in [0.05, 0.1) is 6.10 Å². The number of ether oxygens (including phenoxy) is 1. The Morgan fingerprint density at radius 1 is 0.842 bits per heavy atom. The number of hydrogen-bond donors (Lipinski definition) is 1. The average molecular weight is 295 g/mol. The first kappa shape index (κ1) is 21.0. The fourth-order valence-corrected chi connectivity index (χ4v) is 2.02. The first-order valence-corrected chi connectivity index (χ1v) is 7.42. The van der Waals surface area contributed by atoms with E-state index in [9.17, 15) is 9.90 Å². The number of hydrogen-bond acceptors (Lipinski definition) is 3. The summed E-state index contributed by atoms with van der Waals surface area (Å²) in [6.07, 6.45) is -0.199. The summed E-state index contributed by atoms with van der Waals surface area (Å²) < 4.78 is 4.90. The van der Waals surface area contributed by atoms with Gasteiger partial charge in [-0.25, -0.2) is 4.79 Å². The van der Waals surface area contributed by atoms with Crippen LogP contribution in [0.1, 0.15) is 55.4 Å². The second-order valence-corrected chi connectivity index (χ2v) is 6.60. The number of aliphatic hydroxyl groups is 1. The third-order valence-electron chi connectivity index (χ3n) is 2.91. The van der Waals surface area contributed by atoms with E-state index in [0.29, 0.717) is 23.7 Å². The minimum Gasteiger partial charge on any atom is -0.450 e. The zero-order valence-electron chi connectivity index (χ0n) is 13.6. The molecule has 0 unspecified atom stereocenters. The van der Waals surface area contributed by atoms with Crippen LogP contribution < -0.4 is 0 Å². The van der Waals surface area contributed by atoms with Crippen molar-refractivity contribution >= 4 is 17.0 Å². The van der Waals surface area contributed by atoms with Crippen LogP contribution in [0.5, 0.6) is 0 Å². The van der Waals surface area contributed by atoms with Gasteiger partial charge in [0.25, 0.3) is 0 Å². The molecular weight excluding hydrogens is 264 g/mol. The largest absolute Gasteiger partial charge is 0.450 e. The normalized spacial score (nSPS) is 11.6. The van der Waals surface area contributed by atoms with E-state index in [1.165, 1.54) is 0 Å². The number of carbonyl (C=O) groups excluding carboxylic acids is 1. The van der Waals surface area contributed by atoms with Gasteiger partial charge in [-0.05, 0) is 23.7 Å². The zero-order chi connectivity index (χ0) is 15.7. The van der Waals surface area contributed by atoms with Crippen LogP contribution in [0.2, 0.25) is 0 Å². The van der Waals surface area contributed by atoms with Gasteiger partial charge in [-0.2, -0.15) is 0 Å². The van der Waals surface area contributed by atoms with E-state index >= 15 is 0 Å². The Balaban J connectivity index is 0. The van der Waals surface area contributed by atoms with Crippen molar-refractivity contribution in [3.63, 3.8) is 0 Å². The third-order valence-corrected chi connectivity index (χ3v) is 3.00. The highest BCUT2D eigenvalue weighted by atomic mass is 35.5. The molecule has 0 aromatic heterocycles. The van der Waals surface area contributed by atoms with Crippen molar-refractivity contribution in [2.24, 2.45) is 23.7 Å². The summed E-state index contributed by atoms with van der Waals surface area (Å²) in [5.41, 5.74) is -0.711. The Morgan fingerprint density at radius 3 is 1.21 bits per heavy atom. The molecule has 0 aliphatic carbocycles. The Bertz CT molecular complexity index is 222. The summed E-state index contributed by atoms with van der Waals surface area (Å²) in [6.45, 7) is 16.1. The standard InChI is InChI=1S/C8H15ClO2.C7H16O/c1-5(2)7(6(3)4)11-8(9)10;1-5(2)7(8)6(3)4/h5-7H,1-4H3;5-8H,1-4H3. The summed E-state index contributed by atoms with van der Waals surface area (Å²) in [4.78, 5) is 10.4. The van der Waals surface area contributed by atoms with E-state index in [0.717, 1.165) is 0 Å². The molecule has 0 aliphatic heterocycles. The maximum atomic E-state index is 10.4. The second-order valence-electron chi connectivity index (χ2n) is 6.29. The number of aliphatic hydroxyl groups excluding tert-OH is 1. The van der Waals surface area contributed by atoms with Gasteiger partial charge in [-0.1, -0.05) is 55.4 Å². The molecule has 0 aromatic carbocycles. The topological polar surface area (TPSA) is 46.5 Å². The van der Waals surface area contributed by atoms with Gasteiger partial charge >= 0.3 is 5.43 Å². The van der Waals surface area contributed by atoms with Crippen LogP contribution in [0.4, 0.5) is 4.79 Å². The lowest BCUT2D eigenvalue weighted by molar-refractivity contribution is 0.0592. The lowest BCUT2D eigenvalue weighted by Crippen LogP contribution is -2.26. The average Bonchev–Trinajstić information content (AvgIpc) is 2.24. The van der Waals surface area contributed by atoms with Crippen molar-refractivity contribution in [1.29, 1.82) is 0 Å². The molecule has 0 rings (SSSR count). The molecule has 0 saturated heterocycles. The molecule has 4 heteroatoms. The minimum absolute atomic E-state index is 0.0694. The van der Waals surface area contributed by atoms with E-state index < -0.39 is 5.43 Å². The van der Waals surface area contributed by atoms with Gasteiger partial charge in [-0.3, -0.25) is 0 Å². The maximum absolute atomic E-state index is 10.4. The zero-order valence-corrected chi connectivity index (χ0v) is 14.4. The van der Waals surface area contributed by atoms with Crippen LogP contribution in [0, 0.1) is 23.7 Å². The van der Waals surface area contributed by atoms with Crippen molar-refractivity contribution in [1.82, 2.24) is 0 Å². The van der Waals surface area contributed by atoms with E-state index in [-0.39, 0.29) is 12.2 Å². The Kier molecular flexibility index (Phi) is 11.6. The van der Waals surface area contributed by atoms with E-state index in [1.54, 1.807) is 0 Å². The number of rotatable bonds is 5. The van der Waals surface area contributed by atoms with Gasteiger partial charge in [0.15, 0.2) is 0 Å². The molecule has 0 bridgehead atoms. The molecule has 3 nitrogen and oxygen atoms in total. The summed E-state index contributed by atoms with van der Waals surface area (Å²) >= 11 is 5.10. The van der Waals surface area contributed by atoms with Crippen LogP contribution >= 0.6 is 11.6 Å². The summed E-state index contributed by atoms with van der Waals surface area (Å²) in [5.74, 6) is 1.43. The Labute approximate surface area is 123 Å². The quantitative estimate of drug-likeness (QED) is 0.748. The molecular formula is C15H31ClO3. The molecule has 0 radical (unpaired) electrons. The lowest BCUT2D eigenvalue weighted by Gasteiger charge is -2.23. The smallest absolute Gasteiger partial charge is 0.404 e. The second kappa shape index (κ2) is 10.5. The molecule has 0 aliphatic rings. The summed E-state index contributed by atoms with van der Waals surface area (Å²) in [5, 5.41) is 9.20.